The lowest BCUT2D eigenvalue weighted by Gasteiger charge is -2.07. The van der Waals surface area contributed by atoms with Crippen molar-refractivity contribution in [3.63, 3.8) is 0 Å². The van der Waals surface area contributed by atoms with Crippen LogP contribution in [0.25, 0.3) is 22.5 Å². The molecule has 1 aliphatic rings. The Morgan fingerprint density at radius 3 is 2.59 bits per heavy atom. The average Bonchev–Trinajstić information content (AvgIpc) is 3.37. The van der Waals surface area contributed by atoms with Crippen molar-refractivity contribution < 1.29 is 4.79 Å². The van der Waals surface area contributed by atoms with E-state index in [0.29, 0.717) is 24.9 Å². The standard InChI is InChI=1S/C25H24N6O/c1-4-31-25(28-20-8-10-22-19(12-20)14-27-24(22)32)29-23(30-31)17-7-9-21(15(2)11-17)18-6-5-16(3)26-13-18/h5-13H,4,14H2,1-3H3,(H,27,32)(H,28,29,30). The van der Waals surface area contributed by atoms with Gasteiger partial charge in [-0.1, -0.05) is 18.2 Å². The molecule has 0 saturated carbocycles. The highest BCUT2D eigenvalue weighted by Gasteiger charge is 2.19. The van der Waals surface area contributed by atoms with Gasteiger partial charge in [0.15, 0.2) is 5.82 Å². The van der Waals surface area contributed by atoms with Crippen LogP contribution in [0.2, 0.25) is 0 Å². The third kappa shape index (κ3) is 3.62. The van der Waals surface area contributed by atoms with Gasteiger partial charge in [0.2, 0.25) is 5.95 Å². The van der Waals surface area contributed by atoms with Crippen LogP contribution in [0.5, 0.6) is 0 Å². The summed E-state index contributed by atoms with van der Waals surface area (Å²) in [7, 11) is 0. The Kier molecular flexibility index (Phi) is 4.93. The predicted octanol–water partition coefficient (Wildman–Crippen LogP) is 4.63. The topological polar surface area (TPSA) is 84.7 Å². The van der Waals surface area contributed by atoms with Crippen molar-refractivity contribution in [2.45, 2.75) is 33.9 Å². The molecular formula is C25H24N6O. The van der Waals surface area contributed by atoms with Crippen LogP contribution in [-0.2, 0) is 13.1 Å². The van der Waals surface area contributed by atoms with E-state index in [1.165, 1.54) is 0 Å². The second kappa shape index (κ2) is 7.92. The van der Waals surface area contributed by atoms with Gasteiger partial charge in [0.05, 0.1) is 0 Å². The molecule has 1 aliphatic heterocycles. The lowest BCUT2D eigenvalue weighted by molar-refractivity contribution is 0.0966. The Balaban J connectivity index is 1.43. The largest absolute Gasteiger partial charge is 0.348 e. The van der Waals surface area contributed by atoms with E-state index in [9.17, 15) is 4.79 Å². The molecule has 2 N–H and O–H groups in total. The van der Waals surface area contributed by atoms with Gasteiger partial charge in [-0.25, -0.2) is 4.68 Å². The number of anilines is 2. The molecule has 0 unspecified atom stereocenters. The van der Waals surface area contributed by atoms with Crippen molar-refractivity contribution in [2.24, 2.45) is 0 Å². The van der Waals surface area contributed by atoms with E-state index in [2.05, 4.69) is 40.7 Å². The molecule has 2 aromatic carbocycles. The van der Waals surface area contributed by atoms with Gasteiger partial charge in [0.25, 0.3) is 5.91 Å². The molecule has 0 saturated heterocycles. The maximum absolute atomic E-state index is 11.8. The minimum absolute atomic E-state index is 0.0224. The fraction of sp³-hybridized carbons (Fsp3) is 0.200. The molecule has 7 heteroatoms. The van der Waals surface area contributed by atoms with Gasteiger partial charge in [0, 0.05) is 47.4 Å². The minimum Gasteiger partial charge on any atom is -0.348 e. The highest BCUT2D eigenvalue weighted by Crippen LogP contribution is 2.29. The number of carbonyl (C=O) groups is 1. The van der Waals surface area contributed by atoms with E-state index >= 15 is 0 Å². The Morgan fingerprint density at radius 1 is 1.03 bits per heavy atom. The number of aromatic nitrogens is 4. The summed E-state index contributed by atoms with van der Waals surface area (Å²) in [6.07, 6.45) is 1.91. The van der Waals surface area contributed by atoms with Crippen LogP contribution in [-0.4, -0.2) is 25.7 Å². The maximum atomic E-state index is 11.8. The summed E-state index contributed by atoms with van der Waals surface area (Å²) in [5.41, 5.74) is 7.95. The first-order valence-corrected chi connectivity index (χ1v) is 10.7. The van der Waals surface area contributed by atoms with Gasteiger partial charge in [-0.05, 0) is 67.8 Å². The van der Waals surface area contributed by atoms with Crippen LogP contribution in [0.1, 0.15) is 34.1 Å². The van der Waals surface area contributed by atoms with Crippen LogP contribution in [0, 0.1) is 13.8 Å². The summed E-state index contributed by atoms with van der Waals surface area (Å²) in [6, 6.07) is 16.1. The van der Waals surface area contributed by atoms with Gasteiger partial charge >= 0.3 is 0 Å². The van der Waals surface area contributed by atoms with E-state index in [0.717, 1.165) is 44.8 Å². The van der Waals surface area contributed by atoms with E-state index in [4.69, 9.17) is 10.1 Å². The normalized spacial score (nSPS) is 12.5. The summed E-state index contributed by atoms with van der Waals surface area (Å²) in [6.45, 7) is 7.35. The third-order valence-corrected chi connectivity index (χ3v) is 5.72. The highest BCUT2D eigenvalue weighted by molar-refractivity contribution is 5.98. The third-order valence-electron chi connectivity index (χ3n) is 5.72. The summed E-state index contributed by atoms with van der Waals surface area (Å²) in [5.74, 6) is 1.32. The Morgan fingerprint density at radius 2 is 1.84 bits per heavy atom. The molecule has 1 amide bonds. The summed E-state index contributed by atoms with van der Waals surface area (Å²) in [5, 5.41) is 10.9. The summed E-state index contributed by atoms with van der Waals surface area (Å²) in [4.78, 5) is 21.0. The molecule has 0 radical (unpaired) electrons. The second-order valence-corrected chi connectivity index (χ2v) is 7.97. The number of benzene rings is 2. The molecule has 0 fully saturated rings. The lowest BCUT2D eigenvalue weighted by Crippen LogP contribution is -2.12. The number of carbonyl (C=O) groups excluding carboxylic acids is 1. The van der Waals surface area contributed by atoms with Crippen molar-refractivity contribution in [1.82, 2.24) is 25.1 Å². The number of fused-ring (bicyclic) bond motifs is 1. The summed E-state index contributed by atoms with van der Waals surface area (Å²) >= 11 is 0. The van der Waals surface area contributed by atoms with Crippen molar-refractivity contribution in [2.75, 3.05) is 5.32 Å². The number of nitrogens with one attached hydrogen (secondary N) is 2. The fourth-order valence-corrected chi connectivity index (χ4v) is 3.97. The Hall–Kier alpha value is -4.00. The number of nitrogens with zero attached hydrogens (tertiary/aromatic N) is 4. The highest BCUT2D eigenvalue weighted by atomic mass is 16.1. The number of hydrogen-bond donors (Lipinski definition) is 2. The molecule has 0 bridgehead atoms. The molecule has 5 rings (SSSR count). The Labute approximate surface area is 186 Å². The molecule has 0 atom stereocenters. The van der Waals surface area contributed by atoms with Crippen molar-refractivity contribution in [3.8, 4) is 22.5 Å². The van der Waals surface area contributed by atoms with Gasteiger partial charge in [-0.2, -0.15) is 4.98 Å². The summed E-state index contributed by atoms with van der Waals surface area (Å²) < 4.78 is 1.85. The minimum atomic E-state index is -0.0224. The van der Waals surface area contributed by atoms with Crippen molar-refractivity contribution in [3.05, 3.63) is 77.1 Å². The van der Waals surface area contributed by atoms with Crippen LogP contribution >= 0.6 is 0 Å². The van der Waals surface area contributed by atoms with E-state index < -0.39 is 0 Å². The van der Waals surface area contributed by atoms with E-state index in [-0.39, 0.29) is 5.91 Å². The monoisotopic (exact) mass is 424 g/mol. The van der Waals surface area contributed by atoms with Crippen LogP contribution in [0.4, 0.5) is 11.6 Å². The zero-order valence-electron chi connectivity index (χ0n) is 18.3. The number of aryl methyl sites for hydroxylation is 3. The van der Waals surface area contributed by atoms with Gasteiger partial charge in [-0.3, -0.25) is 9.78 Å². The lowest BCUT2D eigenvalue weighted by atomic mass is 9.99. The van der Waals surface area contributed by atoms with Crippen LogP contribution in [0.3, 0.4) is 0 Å². The average molecular weight is 425 g/mol. The van der Waals surface area contributed by atoms with Crippen LogP contribution in [0.15, 0.2) is 54.7 Å². The molecular weight excluding hydrogens is 400 g/mol. The first-order valence-electron chi connectivity index (χ1n) is 10.7. The molecule has 0 spiro atoms. The first-order chi connectivity index (χ1) is 15.5. The molecule has 2 aromatic heterocycles. The smallest absolute Gasteiger partial charge is 0.251 e. The maximum Gasteiger partial charge on any atom is 0.251 e. The number of amides is 1. The fourth-order valence-electron chi connectivity index (χ4n) is 3.97. The molecule has 160 valence electrons. The molecule has 0 aliphatic carbocycles. The SMILES string of the molecule is CCn1nc(-c2ccc(-c3ccc(C)nc3)c(C)c2)nc1Nc1ccc2c(c1)CNC2=O. The Bertz CT molecular complexity index is 1320. The second-order valence-electron chi connectivity index (χ2n) is 7.97. The van der Waals surface area contributed by atoms with E-state index in [1.54, 1.807) is 0 Å². The molecule has 3 heterocycles. The van der Waals surface area contributed by atoms with Gasteiger partial charge in [0.1, 0.15) is 0 Å². The molecule has 7 nitrogen and oxygen atoms in total. The first kappa shape index (κ1) is 19.9. The number of hydrogen-bond acceptors (Lipinski definition) is 5. The molecule has 32 heavy (non-hydrogen) atoms. The molecule has 4 aromatic rings. The van der Waals surface area contributed by atoms with Crippen molar-refractivity contribution in [1.29, 1.82) is 0 Å². The van der Waals surface area contributed by atoms with Gasteiger partial charge in [-0.15, -0.1) is 5.10 Å². The zero-order valence-corrected chi connectivity index (χ0v) is 18.3. The van der Waals surface area contributed by atoms with Crippen LogP contribution < -0.4 is 10.6 Å². The number of pyridine rings is 1. The van der Waals surface area contributed by atoms with E-state index in [1.807, 2.05) is 55.1 Å². The number of rotatable bonds is 5. The van der Waals surface area contributed by atoms with Crippen molar-refractivity contribution >= 4 is 17.5 Å². The predicted molar refractivity (Wildman–Crippen MR) is 125 cm³/mol. The van der Waals surface area contributed by atoms with Gasteiger partial charge < -0.3 is 10.6 Å². The quantitative estimate of drug-likeness (QED) is 0.488. The zero-order chi connectivity index (χ0) is 22.2.